The summed E-state index contributed by atoms with van der Waals surface area (Å²) in [5.74, 6) is -0.288. The normalized spacial score (nSPS) is 26.5. The Labute approximate surface area is 66.1 Å². The molecule has 3 heteroatoms. The van der Waals surface area contributed by atoms with Crippen molar-refractivity contribution in [3.8, 4) is 0 Å². The molecule has 2 N–H and O–H groups in total. The lowest BCUT2D eigenvalue weighted by atomic mass is 10.1. The first-order valence-electron chi connectivity index (χ1n) is 3.83. The Balaban J connectivity index is 2.45. The molecule has 1 saturated heterocycles. The highest BCUT2D eigenvalue weighted by Crippen LogP contribution is 2.09. The second-order valence-corrected chi connectivity index (χ2v) is 2.75. The van der Waals surface area contributed by atoms with E-state index in [1.807, 2.05) is 0 Å². The summed E-state index contributed by atoms with van der Waals surface area (Å²) in [5, 5.41) is 12.4. The molecule has 1 heterocycles. The van der Waals surface area contributed by atoms with Gasteiger partial charge in [-0.1, -0.05) is 6.58 Å². The molecular weight excluding hydrogens is 142 g/mol. The lowest BCUT2D eigenvalue weighted by molar-refractivity contribution is -0.123. The van der Waals surface area contributed by atoms with Crippen LogP contribution in [0.4, 0.5) is 0 Å². The molecule has 0 bridgehead atoms. The second-order valence-electron chi connectivity index (χ2n) is 2.75. The van der Waals surface area contributed by atoms with Crippen molar-refractivity contribution in [1.82, 2.24) is 5.32 Å². The molecule has 0 aromatic carbocycles. The Bertz CT molecular complexity index is 161. The summed E-state index contributed by atoms with van der Waals surface area (Å²) in [6.07, 6.45) is 2.19. The third-order valence-corrected chi connectivity index (χ3v) is 1.97. The minimum Gasteiger partial charge on any atom is -0.383 e. The van der Waals surface area contributed by atoms with Gasteiger partial charge in [-0.3, -0.25) is 4.79 Å². The Hall–Kier alpha value is -0.670. The minimum atomic E-state index is -0.894. The lowest BCUT2D eigenvalue weighted by Crippen LogP contribution is -2.39. The first-order valence-corrected chi connectivity index (χ1v) is 3.83. The Morgan fingerprint density at radius 1 is 1.82 bits per heavy atom. The molecule has 0 radical (unpaired) electrons. The molecule has 0 aliphatic carbocycles. The number of carbonyl (C=O) groups excluding carboxylic acids is 1. The quantitative estimate of drug-likeness (QED) is 0.557. The van der Waals surface area contributed by atoms with E-state index in [0.717, 1.165) is 19.4 Å². The van der Waals surface area contributed by atoms with E-state index in [2.05, 4.69) is 11.9 Å². The van der Waals surface area contributed by atoms with E-state index >= 15 is 0 Å². The first-order chi connectivity index (χ1) is 5.25. The average molecular weight is 155 g/mol. The van der Waals surface area contributed by atoms with Crippen LogP contribution in [-0.4, -0.2) is 29.6 Å². The molecule has 3 nitrogen and oxygen atoms in total. The predicted octanol–water partition coefficient (Wildman–Crippen LogP) is -0.146. The smallest absolute Gasteiger partial charge is 0.185 e. The van der Waals surface area contributed by atoms with Crippen LogP contribution in [0.2, 0.25) is 0 Å². The maximum absolute atomic E-state index is 10.9. The molecule has 11 heavy (non-hydrogen) atoms. The van der Waals surface area contributed by atoms with Gasteiger partial charge in [-0.15, -0.1) is 0 Å². The zero-order chi connectivity index (χ0) is 8.27. The Morgan fingerprint density at radius 2 is 2.55 bits per heavy atom. The number of ketones is 1. The fraction of sp³-hybridized carbons (Fsp3) is 0.625. The molecule has 0 saturated carbocycles. The molecule has 1 aliphatic heterocycles. The summed E-state index contributed by atoms with van der Waals surface area (Å²) in [5.41, 5.74) is 0. The number of aliphatic hydroxyl groups is 1. The van der Waals surface area contributed by atoms with E-state index in [9.17, 15) is 9.90 Å². The van der Waals surface area contributed by atoms with Crippen molar-refractivity contribution < 1.29 is 9.90 Å². The van der Waals surface area contributed by atoms with E-state index in [1.165, 1.54) is 6.08 Å². The highest BCUT2D eigenvalue weighted by molar-refractivity contribution is 5.93. The molecule has 1 fully saturated rings. The standard InChI is InChI=1S/C8H13NO2/c1-2-7(10)8(11)6-4-3-5-9-6/h2,6,8-9,11H,1,3-5H2/t6-,8?/m0/s1. The second kappa shape index (κ2) is 3.64. The number of carbonyl (C=O) groups is 1. The molecule has 0 amide bonds. The third kappa shape index (κ3) is 1.88. The molecular formula is C8H13NO2. The zero-order valence-electron chi connectivity index (χ0n) is 6.42. The van der Waals surface area contributed by atoms with Crippen LogP contribution in [-0.2, 0) is 4.79 Å². The van der Waals surface area contributed by atoms with Gasteiger partial charge in [0.1, 0.15) is 6.10 Å². The summed E-state index contributed by atoms with van der Waals surface area (Å²) >= 11 is 0. The van der Waals surface area contributed by atoms with Gasteiger partial charge in [0.25, 0.3) is 0 Å². The van der Waals surface area contributed by atoms with Crippen molar-refractivity contribution in [2.75, 3.05) is 6.54 Å². The molecule has 1 unspecified atom stereocenters. The van der Waals surface area contributed by atoms with Gasteiger partial charge in [0.2, 0.25) is 0 Å². The molecule has 1 rings (SSSR count). The van der Waals surface area contributed by atoms with E-state index in [-0.39, 0.29) is 11.8 Å². The van der Waals surface area contributed by atoms with Gasteiger partial charge in [0.05, 0.1) is 0 Å². The summed E-state index contributed by atoms with van der Waals surface area (Å²) < 4.78 is 0. The van der Waals surface area contributed by atoms with Crippen LogP contribution in [0.1, 0.15) is 12.8 Å². The SMILES string of the molecule is C=CC(=O)C(O)[C@@H]1CCCN1. The molecule has 1 aliphatic rings. The third-order valence-electron chi connectivity index (χ3n) is 1.97. The van der Waals surface area contributed by atoms with Gasteiger partial charge in [-0.2, -0.15) is 0 Å². The van der Waals surface area contributed by atoms with Crippen molar-refractivity contribution in [2.45, 2.75) is 25.0 Å². The van der Waals surface area contributed by atoms with Crippen molar-refractivity contribution >= 4 is 5.78 Å². The van der Waals surface area contributed by atoms with Gasteiger partial charge >= 0.3 is 0 Å². The largest absolute Gasteiger partial charge is 0.383 e. The number of nitrogens with one attached hydrogen (secondary N) is 1. The molecule has 0 aromatic rings. The monoisotopic (exact) mass is 155 g/mol. The lowest BCUT2D eigenvalue weighted by Gasteiger charge is -2.14. The topological polar surface area (TPSA) is 49.3 Å². The van der Waals surface area contributed by atoms with Crippen molar-refractivity contribution in [3.05, 3.63) is 12.7 Å². The van der Waals surface area contributed by atoms with Gasteiger partial charge in [-0.25, -0.2) is 0 Å². The summed E-state index contributed by atoms with van der Waals surface area (Å²) in [6.45, 7) is 4.21. The predicted molar refractivity (Wildman–Crippen MR) is 42.2 cm³/mol. The van der Waals surface area contributed by atoms with E-state index in [1.54, 1.807) is 0 Å². The van der Waals surface area contributed by atoms with Crippen LogP contribution >= 0.6 is 0 Å². The number of aliphatic hydroxyl groups excluding tert-OH is 1. The van der Waals surface area contributed by atoms with Gasteiger partial charge in [-0.05, 0) is 25.5 Å². The van der Waals surface area contributed by atoms with Crippen LogP contribution in [0, 0.1) is 0 Å². The van der Waals surface area contributed by atoms with E-state index < -0.39 is 6.10 Å². The first kappa shape index (κ1) is 8.43. The highest BCUT2D eigenvalue weighted by atomic mass is 16.3. The maximum atomic E-state index is 10.9. The van der Waals surface area contributed by atoms with Crippen molar-refractivity contribution in [2.24, 2.45) is 0 Å². The highest BCUT2D eigenvalue weighted by Gasteiger charge is 2.26. The molecule has 0 spiro atoms. The van der Waals surface area contributed by atoms with Gasteiger partial charge in [0, 0.05) is 6.04 Å². The van der Waals surface area contributed by atoms with Crippen LogP contribution in [0.5, 0.6) is 0 Å². The van der Waals surface area contributed by atoms with Crippen molar-refractivity contribution in [1.29, 1.82) is 0 Å². The summed E-state index contributed by atoms with van der Waals surface area (Å²) in [4.78, 5) is 10.9. The van der Waals surface area contributed by atoms with Crippen LogP contribution in [0.25, 0.3) is 0 Å². The maximum Gasteiger partial charge on any atom is 0.185 e. The number of hydrogen-bond donors (Lipinski definition) is 2. The Morgan fingerprint density at radius 3 is 3.00 bits per heavy atom. The van der Waals surface area contributed by atoms with Crippen molar-refractivity contribution in [3.63, 3.8) is 0 Å². The van der Waals surface area contributed by atoms with Crippen LogP contribution < -0.4 is 5.32 Å². The van der Waals surface area contributed by atoms with Crippen LogP contribution in [0.3, 0.4) is 0 Å². The van der Waals surface area contributed by atoms with E-state index in [4.69, 9.17) is 0 Å². The molecule has 0 aromatic heterocycles. The number of hydrogen-bond acceptors (Lipinski definition) is 3. The number of rotatable bonds is 3. The van der Waals surface area contributed by atoms with Gasteiger partial charge in [0.15, 0.2) is 5.78 Å². The molecule has 2 atom stereocenters. The summed E-state index contributed by atoms with van der Waals surface area (Å²) in [7, 11) is 0. The fourth-order valence-corrected chi connectivity index (χ4v) is 1.30. The molecule has 62 valence electrons. The van der Waals surface area contributed by atoms with Gasteiger partial charge < -0.3 is 10.4 Å². The fourth-order valence-electron chi connectivity index (χ4n) is 1.30. The average Bonchev–Trinajstić information content (AvgIpc) is 2.53. The summed E-state index contributed by atoms with van der Waals surface area (Å²) in [6, 6.07) is -0.0551. The Kier molecular flexibility index (Phi) is 2.79. The minimum absolute atomic E-state index is 0.0551. The van der Waals surface area contributed by atoms with Crippen LogP contribution in [0.15, 0.2) is 12.7 Å². The zero-order valence-corrected chi connectivity index (χ0v) is 6.42. The van der Waals surface area contributed by atoms with E-state index in [0.29, 0.717) is 0 Å².